The molecule has 0 fully saturated rings. The predicted octanol–water partition coefficient (Wildman–Crippen LogP) is 3.31. The Balaban J connectivity index is 2.54. The number of benzene rings is 1. The molecule has 1 aromatic carbocycles. The molecule has 0 radical (unpaired) electrons. The lowest BCUT2D eigenvalue weighted by Gasteiger charge is -2.12. The van der Waals surface area contributed by atoms with Gasteiger partial charge in [0.25, 0.3) is 0 Å². The third-order valence-corrected chi connectivity index (χ3v) is 2.51. The summed E-state index contributed by atoms with van der Waals surface area (Å²) in [5.74, 6) is 3.40. The normalized spacial score (nSPS) is 11.8. The Bertz CT molecular complexity index is 365. The van der Waals surface area contributed by atoms with Crippen LogP contribution in [0, 0.1) is 12.3 Å². The SMILES string of the molecule is C#CCCCC(O)c1cccc(OCCC)c1. The maximum Gasteiger partial charge on any atom is 0.119 e. The summed E-state index contributed by atoms with van der Waals surface area (Å²) in [6.45, 7) is 2.77. The Morgan fingerprint density at radius 2 is 2.29 bits per heavy atom. The number of aliphatic hydroxyl groups excluding tert-OH is 1. The van der Waals surface area contributed by atoms with Crippen LogP contribution in [0.3, 0.4) is 0 Å². The molecule has 0 amide bonds. The molecule has 1 N–H and O–H groups in total. The molecule has 0 spiro atoms. The molecule has 0 aliphatic heterocycles. The average Bonchev–Trinajstić information content (AvgIpc) is 2.37. The van der Waals surface area contributed by atoms with Crippen molar-refractivity contribution in [2.24, 2.45) is 0 Å². The summed E-state index contributed by atoms with van der Waals surface area (Å²) in [4.78, 5) is 0. The number of aliphatic hydroxyl groups is 1. The zero-order chi connectivity index (χ0) is 12.5. The molecule has 92 valence electrons. The van der Waals surface area contributed by atoms with Crippen molar-refractivity contribution in [3.8, 4) is 18.1 Å². The van der Waals surface area contributed by atoms with Gasteiger partial charge in [-0.2, -0.15) is 0 Å². The number of hydrogen-bond donors (Lipinski definition) is 1. The van der Waals surface area contributed by atoms with Crippen LogP contribution >= 0.6 is 0 Å². The van der Waals surface area contributed by atoms with Gasteiger partial charge in [0, 0.05) is 6.42 Å². The zero-order valence-corrected chi connectivity index (χ0v) is 10.4. The van der Waals surface area contributed by atoms with Gasteiger partial charge in [-0.3, -0.25) is 0 Å². The quantitative estimate of drug-likeness (QED) is 0.577. The van der Waals surface area contributed by atoms with E-state index in [1.54, 1.807) is 0 Å². The summed E-state index contributed by atoms with van der Waals surface area (Å²) in [5, 5.41) is 9.97. The highest BCUT2D eigenvalue weighted by atomic mass is 16.5. The van der Waals surface area contributed by atoms with Gasteiger partial charge in [-0.25, -0.2) is 0 Å². The first kappa shape index (κ1) is 13.6. The molecule has 2 heteroatoms. The third-order valence-electron chi connectivity index (χ3n) is 2.51. The van der Waals surface area contributed by atoms with Gasteiger partial charge >= 0.3 is 0 Å². The van der Waals surface area contributed by atoms with E-state index in [2.05, 4.69) is 12.8 Å². The molecular formula is C15H20O2. The van der Waals surface area contributed by atoms with Crippen molar-refractivity contribution in [2.75, 3.05) is 6.61 Å². The molecule has 0 saturated heterocycles. The van der Waals surface area contributed by atoms with Crippen LogP contribution in [-0.2, 0) is 0 Å². The second-order valence-corrected chi connectivity index (χ2v) is 4.03. The number of unbranched alkanes of at least 4 members (excludes halogenated alkanes) is 1. The van der Waals surface area contributed by atoms with Gasteiger partial charge in [-0.15, -0.1) is 12.3 Å². The van der Waals surface area contributed by atoms with Gasteiger partial charge < -0.3 is 9.84 Å². The lowest BCUT2D eigenvalue weighted by Crippen LogP contribution is -1.99. The van der Waals surface area contributed by atoms with Crippen molar-refractivity contribution in [3.05, 3.63) is 29.8 Å². The molecule has 2 nitrogen and oxygen atoms in total. The van der Waals surface area contributed by atoms with E-state index in [9.17, 15) is 5.11 Å². The Morgan fingerprint density at radius 3 is 3.00 bits per heavy atom. The maximum atomic E-state index is 9.97. The van der Waals surface area contributed by atoms with Gasteiger partial charge in [-0.1, -0.05) is 19.1 Å². The predicted molar refractivity (Wildman–Crippen MR) is 69.9 cm³/mol. The topological polar surface area (TPSA) is 29.5 Å². The molecule has 1 atom stereocenters. The molecule has 0 aromatic heterocycles. The molecule has 17 heavy (non-hydrogen) atoms. The van der Waals surface area contributed by atoms with Crippen LogP contribution in [0.4, 0.5) is 0 Å². The number of hydrogen-bond acceptors (Lipinski definition) is 2. The van der Waals surface area contributed by atoms with E-state index in [0.29, 0.717) is 19.4 Å². The van der Waals surface area contributed by atoms with Gasteiger partial charge in [0.1, 0.15) is 5.75 Å². The first-order valence-corrected chi connectivity index (χ1v) is 6.12. The van der Waals surface area contributed by atoms with E-state index in [1.165, 1.54) is 0 Å². The van der Waals surface area contributed by atoms with Gasteiger partial charge in [0.15, 0.2) is 0 Å². The molecule has 0 saturated carbocycles. The summed E-state index contributed by atoms with van der Waals surface area (Å²) in [7, 11) is 0. The summed E-state index contributed by atoms with van der Waals surface area (Å²) >= 11 is 0. The van der Waals surface area contributed by atoms with Crippen molar-refractivity contribution in [1.82, 2.24) is 0 Å². The second kappa shape index (κ2) is 7.76. The first-order valence-electron chi connectivity index (χ1n) is 6.12. The molecule has 0 aliphatic rings. The van der Waals surface area contributed by atoms with Crippen molar-refractivity contribution in [3.63, 3.8) is 0 Å². The van der Waals surface area contributed by atoms with E-state index < -0.39 is 6.10 Å². The molecule has 1 rings (SSSR count). The van der Waals surface area contributed by atoms with Crippen LogP contribution in [0.15, 0.2) is 24.3 Å². The van der Waals surface area contributed by atoms with Crippen molar-refractivity contribution < 1.29 is 9.84 Å². The highest BCUT2D eigenvalue weighted by Gasteiger charge is 2.07. The summed E-state index contributed by atoms with van der Waals surface area (Å²) in [5.41, 5.74) is 0.899. The van der Waals surface area contributed by atoms with Gasteiger partial charge in [-0.05, 0) is 37.0 Å². The van der Waals surface area contributed by atoms with Crippen LogP contribution in [0.5, 0.6) is 5.75 Å². The van der Waals surface area contributed by atoms with Crippen LogP contribution in [-0.4, -0.2) is 11.7 Å². The Hall–Kier alpha value is -1.46. The zero-order valence-electron chi connectivity index (χ0n) is 10.4. The summed E-state index contributed by atoms with van der Waals surface area (Å²) in [6, 6.07) is 7.63. The summed E-state index contributed by atoms with van der Waals surface area (Å²) in [6.07, 6.45) is 7.96. The largest absolute Gasteiger partial charge is 0.494 e. The Kier molecular flexibility index (Phi) is 6.21. The average molecular weight is 232 g/mol. The fraction of sp³-hybridized carbons (Fsp3) is 0.467. The van der Waals surface area contributed by atoms with Crippen LogP contribution in [0.2, 0.25) is 0 Å². The molecular weight excluding hydrogens is 212 g/mol. The minimum Gasteiger partial charge on any atom is -0.494 e. The smallest absolute Gasteiger partial charge is 0.119 e. The monoisotopic (exact) mass is 232 g/mol. The molecule has 1 unspecified atom stereocenters. The number of rotatable bonds is 7. The van der Waals surface area contributed by atoms with Gasteiger partial charge in [0.05, 0.1) is 12.7 Å². The Morgan fingerprint density at radius 1 is 1.47 bits per heavy atom. The van der Waals surface area contributed by atoms with Crippen LogP contribution in [0.25, 0.3) is 0 Å². The standard InChI is InChI=1S/C15H20O2/c1-3-5-6-10-15(16)13-8-7-9-14(12-13)17-11-4-2/h1,7-9,12,15-16H,4-6,10-11H2,2H3. The van der Waals surface area contributed by atoms with E-state index in [1.807, 2.05) is 24.3 Å². The number of terminal acetylenes is 1. The molecule has 1 aromatic rings. The van der Waals surface area contributed by atoms with Crippen LogP contribution in [0.1, 0.15) is 44.3 Å². The Labute approximate surface area is 104 Å². The van der Waals surface area contributed by atoms with E-state index in [-0.39, 0.29) is 0 Å². The van der Waals surface area contributed by atoms with E-state index in [0.717, 1.165) is 24.2 Å². The molecule has 0 heterocycles. The number of ether oxygens (including phenoxy) is 1. The second-order valence-electron chi connectivity index (χ2n) is 4.03. The fourth-order valence-corrected chi connectivity index (χ4v) is 1.60. The first-order chi connectivity index (χ1) is 8.27. The molecule has 0 bridgehead atoms. The van der Waals surface area contributed by atoms with Crippen molar-refractivity contribution in [2.45, 2.75) is 38.7 Å². The van der Waals surface area contributed by atoms with Gasteiger partial charge in [0.2, 0.25) is 0 Å². The van der Waals surface area contributed by atoms with Crippen molar-refractivity contribution in [1.29, 1.82) is 0 Å². The van der Waals surface area contributed by atoms with Crippen LogP contribution < -0.4 is 4.74 Å². The highest BCUT2D eigenvalue weighted by molar-refractivity contribution is 5.29. The van der Waals surface area contributed by atoms with Crippen molar-refractivity contribution >= 4 is 0 Å². The van der Waals surface area contributed by atoms with E-state index in [4.69, 9.17) is 11.2 Å². The lowest BCUT2D eigenvalue weighted by atomic mass is 10.0. The maximum absolute atomic E-state index is 9.97. The van der Waals surface area contributed by atoms with E-state index >= 15 is 0 Å². The third kappa shape index (κ3) is 4.93. The minimum absolute atomic E-state index is 0.450. The fourth-order valence-electron chi connectivity index (χ4n) is 1.60. The summed E-state index contributed by atoms with van der Waals surface area (Å²) < 4.78 is 5.53. The highest BCUT2D eigenvalue weighted by Crippen LogP contribution is 2.23. The molecule has 0 aliphatic carbocycles. The minimum atomic E-state index is -0.450. The lowest BCUT2D eigenvalue weighted by molar-refractivity contribution is 0.164.